The summed E-state index contributed by atoms with van der Waals surface area (Å²) in [4.78, 5) is 4.52. The Morgan fingerprint density at radius 1 is 1.28 bits per heavy atom. The summed E-state index contributed by atoms with van der Waals surface area (Å²) in [6.07, 6.45) is 8.60. The third-order valence-corrected chi connectivity index (χ3v) is 4.45. The van der Waals surface area contributed by atoms with E-state index in [1.54, 1.807) is 0 Å². The molecular weight excluding hydrogens is 288 g/mol. The first kappa shape index (κ1) is 14.0. The van der Waals surface area contributed by atoms with Gasteiger partial charge in [0.25, 0.3) is 0 Å². The average Bonchev–Trinajstić information content (AvgIpc) is 2.40. The summed E-state index contributed by atoms with van der Waals surface area (Å²) in [5.41, 5.74) is 1.24. The fraction of sp³-hybridized carbons (Fsp3) is 0.667. The third-order valence-electron chi connectivity index (χ3n) is 3.98. The highest BCUT2D eigenvalue weighted by molar-refractivity contribution is 9.10. The number of pyridine rings is 1. The van der Waals surface area contributed by atoms with Gasteiger partial charge in [0.1, 0.15) is 0 Å². The van der Waals surface area contributed by atoms with Crippen molar-refractivity contribution >= 4 is 15.9 Å². The Bertz CT molecular complexity index is 350. The van der Waals surface area contributed by atoms with Crippen molar-refractivity contribution in [2.75, 3.05) is 13.1 Å². The molecule has 2 atom stereocenters. The number of nitrogens with zero attached hydrogens (tertiary/aromatic N) is 1. The van der Waals surface area contributed by atoms with Crippen molar-refractivity contribution in [3.8, 4) is 0 Å². The van der Waals surface area contributed by atoms with E-state index in [9.17, 15) is 0 Å². The number of hydrogen-bond donors (Lipinski definition) is 1. The number of aromatic nitrogens is 1. The second kappa shape index (κ2) is 7.25. The van der Waals surface area contributed by atoms with Gasteiger partial charge in [0.05, 0.1) is 0 Å². The van der Waals surface area contributed by atoms with Crippen LogP contribution in [0.2, 0.25) is 0 Å². The van der Waals surface area contributed by atoms with Crippen LogP contribution in [-0.2, 0) is 6.42 Å². The van der Waals surface area contributed by atoms with Gasteiger partial charge in [-0.2, -0.15) is 0 Å². The number of nitrogens with one attached hydrogen (secondary N) is 1. The zero-order chi connectivity index (χ0) is 12.8. The monoisotopic (exact) mass is 310 g/mol. The normalized spacial score (nSPS) is 24.1. The highest BCUT2D eigenvalue weighted by Gasteiger charge is 2.25. The van der Waals surface area contributed by atoms with E-state index in [1.165, 1.54) is 37.9 Å². The quantitative estimate of drug-likeness (QED) is 0.894. The van der Waals surface area contributed by atoms with Crippen LogP contribution >= 0.6 is 15.9 Å². The Morgan fingerprint density at radius 2 is 2.06 bits per heavy atom. The molecule has 1 aromatic rings. The second-order valence-electron chi connectivity index (χ2n) is 5.28. The van der Waals surface area contributed by atoms with E-state index in [2.05, 4.69) is 45.3 Å². The minimum atomic E-state index is 0.812. The van der Waals surface area contributed by atoms with Gasteiger partial charge in [0.15, 0.2) is 0 Å². The third kappa shape index (κ3) is 4.06. The molecule has 2 rings (SSSR count). The van der Waals surface area contributed by atoms with Crippen molar-refractivity contribution in [2.45, 2.75) is 39.0 Å². The maximum atomic E-state index is 4.52. The van der Waals surface area contributed by atoms with Gasteiger partial charge < -0.3 is 5.32 Å². The first-order valence-electron chi connectivity index (χ1n) is 7.10. The predicted octanol–water partition coefficient (Wildman–Crippen LogP) is 3.80. The van der Waals surface area contributed by atoms with Crippen LogP contribution in [0.3, 0.4) is 0 Å². The molecule has 1 heterocycles. The molecule has 1 aliphatic rings. The van der Waals surface area contributed by atoms with Crippen LogP contribution in [0.4, 0.5) is 0 Å². The van der Waals surface area contributed by atoms with E-state index in [-0.39, 0.29) is 0 Å². The van der Waals surface area contributed by atoms with Gasteiger partial charge in [-0.1, -0.05) is 19.8 Å². The molecule has 0 spiro atoms. The van der Waals surface area contributed by atoms with Gasteiger partial charge in [-0.05, 0) is 72.3 Å². The van der Waals surface area contributed by atoms with Crippen molar-refractivity contribution in [1.82, 2.24) is 10.3 Å². The van der Waals surface area contributed by atoms with Crippen LogP contribution in [0.5, 0.6) is 0 Å². The van der Waals surface area contributed by atoms with Crippen LogP contribution in [0.1, 0.15) is 38.3 Å². The van der Waals surface area contributed by atoms with E-state index in [0.717, 1.165) is 29.3 Å². The fourth-order valence-electron chi connectivity index (χ4n) is 2.95. The lowest BCUT2D eigenvalue weighted by Gasteiger charge is -2.31. The summed E-state index contributed by atoms with van der Waals surface area (Å²) >= 11 is 3.44. The minimum absolute atomic E-state index is 0.812. The van der Waals surface area contributed by atoms with Gasteiger partial charge in [-0.3, -0.25) is 4.98 Å². The first-order chi connectivity index (χ1) is 8.79. The summed E-state index contributed by atoms with van der Waals surface area (Å²) in [6.45, 7) is 4.45. The Labute approximate surface area is 119 Å². The molecule has 1 aliphatic carbocycles. The van der Waals surface area contributed by atoms with Crippen molar-refractivity contribution < 1.29 is 0 Å². The molecular formula is C15H23BrN2. The van der Waals surface area contributed by atoms with Gasteiger partial charge in [0.2, 0.25) is 0 Å². The van der Waals surface area contributed by atoms with Crippen LogP contribution in [0.25, 0.3) is 0 Å². The summed E-state index contributed by atoms with van der Waals surface area (Å²) in [7, 11) is 0. The Morgan fingerprint density at radius 3 is 2.72 bits per heavy atom. The van der Waals surface area contributed by atoms with Gasteiger partial charge in [-0.15, -0.1) is 0 Å². The Kier molecular flexibility index (Phi) is 5.64. The molecule has 0 bridgehead atoms. The van der Waals surface area contributed by atoms with Crippen molar-refractivity contribution in [3.05, 3.63) is 28.5 Å². The van der Waals surface area contributed by atoms with E-state index in [4.69, 9.17) is 0 Å². The molecule has 2 unspecified atom stereocenters. The lowest BCUT2D eigenvalue weighted by Crippen LogP contribution is -2.31. The molecule has 18 heavy (non-hydrogen) atoms. The van der Waals surface area contributed by atoms with Crippen LogP contribution in [0, 0.1) is 11.8 Å². The van der Waals surface area contributed by atoms with E-state index in [0.29, 0.717) is 0 Å². The van der Waals surface area contributed by atoms with E-state index >= 15 is 0 Å². The lowest BCUT2D eigenvalue weighted by molar-refractivity contribution is 0.228. The standard InChI is InChI=1S/C15H23BrN2/c1-2-17-10-13-6-4-3-5-12(13)9-15-8-7-14(16)11-18-15/h7-8,11-13,17H,2-6,9-10H2,1H3. The van der Waals surface area contributed by atoms with E-state index in [1.807, 2.05) is 6.20 Å². The molecule has 1 fully saturated rings. The SMILES string of the molecule is CCNCC1CCCCC1Cc1ccc(Br)cn1. The molecule has 1 aromatic heterocycles. The Balaban J connectivity index is 1.94. The number of halogens is 1. The van der Waals surface area contributed by atoms with Gasteiger partial charge >= 0.3 is 0 Å². The largest absolute Gasteiger partial charge is 0.317 e. The molecule has 0 aliphatic heterocycles. The number of hydrogen-bond acceptors (Lipinski definition) is 2. The second-order valence-corrected chi connectivity index (χ2v) is 6.20. The summed E-state index contributed by atoms with van der Waals surface area (Å²) in [6, 6.07) is 4.26. The van der Waals surface area contributed by atoms with Gasteiger partial charge in [0, 0.05) is 16.4 Å². The van der Waals surface area contributed by atoms with Gasteiger partial charge in [-0.25, -0.2) is 0 Å². The molecule has 3 heteroatoms. The van der Waals surface area contributed by atoms with E-state index < -0.39 is 0 Å². The lowest BCUT2D eigenvalue weighted by atomic mass is 9.77. The molecule has 0 saturated heterocycles. The minimum Gasteiger partial charge on any atom is -0.317 e. The molecule has 1 N–H and O–H groups in total. The molecule has 0 radical (unpaired) electrons. The summed E-state index contributed by atoms with van der Waals surface area (Å²) in [5, 5.41) is 3.51. The molecule has 0 aromatic carbocycles. The summed E-state index contributed by atoms with van der Waals surface area (Å²) < 4.78 is 1.07. The van der Waals surface area contributed by atoms with Crippen molar-refractivity contribution in [1.29, 1.82) is 0 Å². The molecule has 0 amide bonds. The zero-order valence-corrected chi connectivity index (χ0v) is 12.7. The smallest absolute Gasteiger partial charge is 0.0413 e. The first-order valence-corrected chi connectivity index (χ1v) is 7.90. The highest BCUT2D eigenvalue weighted by atomic mass is 79.9. The maximum Gasteiger partial charge on any atom is 0.0413 e. The topological polar surface area (TPSA) is 24.9 Å². The van der Waals surface area contributed by atoms with Crippen molar-refractivity contribution in [3.63, 3.8) is 0 Å². The molecule has 2 nitrogen and oxygen atoms in total. The highest BCUT2D eigenvalue weighted by Crippen LogP contribution is 2.32. The zero-order valence-electron chi connectivity index (χ0n) is 11.2. The van der Waals surface area contributed by atoms with Crippen LogP contribution < -0.4 is 5.32 Å². The van der Waals surface area contributed by atoms with Crippen molar-refractivity contribution in [2.24, 2.45) is 11.8 Å². The predicted molar refractivity (Wildman–Crippen MR) is 79.6 cm³/mol. The van der Waals surface area contributed by atoms with Crippen LogP contribution in [0.15, 0.2) is 22.8 Å². The average molecular weight is 311 g/mol. The maximum absolute atomic E-state index is 4.52. The summed E-state index contributed by atoms with van der Waals surface area (Å²) in [5.74, 6) is 1.65. The molecule has 100 valence electrons. The Hall–Kier alpha value is -0.410. The fourth-order valence-corrected chi connectivity index (χ4v) is 3.18. The number of rotatable bonds is 5. The van der Waals surface area contributed by atoms with Crippen LogP contribution in [-0.4, -0.2) is 18.1 Å². The molecule has 1 saturated carbocycles.